The van der Waals surface area contributed by atoms with Crippen LogP contribution in [-0.2, 0) is 11.3 Å². The highest BCUT2D eigenvalue weighted by molar-refractivity contribution is 6.14. The number of ether oxygens (including phenoxy) is 2. The summed E-state index contributed by atoms with van der Waals surface area (Å²) in [6.45, 7) is 0.340. The minimum atomic E-state index is -0.381. The maximum Gasteiger partial charge on any atom is 0.337 e. The summed E-state index contributed by atoms with van der Waals surface area (Å²) in [6, 6.07) is 24.8. The van der Waals surface area contributed by atoms with E-state index in [0.29, 0.717) is 23.5 Å². The maximum atomic E-state index is 12.4. The molecule has 3 aromatic rings. The third-order valence-electron chi connectivity index (χ3n) is 4.37. The number of carbonyl (C=O) groups is 2. The number of carbonyl (C=O) groups excluding carboxylic acids is 2. The Kier molecular flexibility index (Phi) is 6.75. The highest BCUT2D eigenvalue weighted by atomic mass is 16.5. The molecule has 0 aliphatic rings. The van der Waals surface area contributed by atoms with E-state index < -0.39 is 0 Å². The van der Waals surface area contributed by atoms with E-state index in [9.17, 15) is 14.9 Å². The van der Waals surface area contributed by atoms with Crippen molar-refractivity contribution in [2.75, 3.05) is 7.11 Å². The average Bonchev–Trinajstić information content (AvgIpc) is 2.82. The maximum absolute atomic E-state index is 12.4. The number of allylic oxidation sites excluding steroid dienone is 1. The van der Waals surface area contributed by atoms with Gasteiger partial charge < -0.3 is 9.47 Å². The van der Waals surface area contributed by atoms with Crippen LogP contribution in [0.25, 0.3) is 6.08 Å². The Morgan fingerprint density at radius 1 is 0.900 bits per heavy atom. The molecule has 3 rings (SSSR count). The van der Waals surface area contributed by atoms with Gasteiger partial charge in [0.05, 0.1) is 12.7 Å². The molecule has 0 radical (unpaired) electrons. The second kappa shape index (κ2) is 9.85. The predicted molar refractivity (Wildman–Crippen MR) is 113 cm³/mol. The van der Waals surface area contributed by atoms with E-state index in [4.69, 9.17) is 4.74 Å². The number of benzene rings is 3. The topological polar surface area (TPSA) is 76.4 Å². The SMILES string of the molecule is COC(=O)c1ccc(COc2ccc(/C=C(\C#N)C(=O)c3ccccc3)cc2)cc1. The van der Waals surface area contributed by atoms with E-state index in [1.165, 1.54) is 7.11 Å². The lowest BCUT2D eigenvalue weighted by Crippen LogP contribution is -2.02. The van der Waals surface area contributed by atoms with E-state index in [0.717, 1.165) is 11.1 Å². The van der Waals surface area contributed by atoms with E-state index in [-0.39, 0.29) is 17.3 Å². The van der Waals surface area contributed by atoms with E-state index >= 15 is 0 Å². The van der Waals surface area contributed by atoms with Crippen molar-refractivity contribution in [3.05, 3.63) is 107 Å². The molecule has 0 spiro atoms. The third kappa shape index (κ3) is 5.21. The zero-order valence-electron chi connectivity index (χ0n) is 16.4. The van der Waals surface area contributed by atoms with Gasteiger partial charge in [-0.15, -0.1) is 0 Å². The van der Waals surface area contributed by atoms with Gasteiger partial charge in [0.25, 0.3) is 0 Å². The number of ketones is 1. The number of nitriles is 1. The summed E-state index contributed by atoms with van der Waals surface area (Å²) in [5, 5.41) is 9.36. The Morgan fingerprint density at radius 3 is 2.17 bits per heavy atom. The van der Waals surface area contributed by atoms with Gasteiger partial charge in [-0.25, -0.2) is 4.79 Å². The quantitative estimate of drug-likeness (QED) is 0.247. The molecule has 0 aliphatic heterocycles. The van der Waals surface area contributed by atoms with E-state index in [1.54, 1.807) is 78.9 Å². The van der Waals surface area contributed by atoms with Crippen molar-refractivity contribution >= 4 is 17.8 Å². The summed E-state index contributed by atoms with van der Waals surface area (Å²) < 4.78 is 10.4. The van der Waals surface area contributed by atoms with Gasteiger partial charge in [-0.05, 0) is 41.5 Å². The number of hydrogen-bond acceptors (Lipinski definition) is 5. The van der Waals surface area contributed by atoms with Crippen LogP contribution in [0.4, 0.5) is 0 Å². The van der Waals surface area contributed by atoms with Gasteiger partial charge in [-0.2, -0.15) is 5.26 Å². The number of rotatable bonds is 7. The number of methoxy groups -OCH3 is 1. The third-order valence-corrected chi connectivity index (χ3v) is 4.37. The van der Waals surface area contributed by atoms with Crippen LogP contribution in [0.15, 0.2) is 84.4 Å². The van der Waals surface area contributed by atoms with Gasteiger partial charge in [0.2, 0.25) is 5.78 Å². The van der Waals surface area contributed by atoms with Gasteiger partial charge in [-0.1, -0.05) is 54.6 Å². The summed E-state index contributed by atoms with van der Waals surface area (Å²) in [6.07, 6.45) is 1.56. The molecule has 0 bridgehead atoms. The number of nitrogens with zero attached hydrogens (tertiary/aromatic N) is 1. The van der Waals surface area contributed by atoms with Gasteiger partial charge in [0.1, 0.15) is 24.0 Å². The largest absolute Gasteiger partial charge is 0.489 e. The molecule has 0 unspecified atom stereocenters. The smallest absolute Gasteiger partial charge is 0.337 e. The van der Waals surface area contributed by atoms with Crippen LogP contribution in [0, 0.1) is 11.3 Å². The summed E-state index contributed by atoms with van der Waals surface area (Å²) in [4.78, 5) is 23.9. The first kappa shape index (κ1) is 20.6. The number of esters is 1. The second-order valence-corrected chi connectivity index (χ2v) is 6.41. The Hall–Kier alpha value is -4.17. The lowest BCUT2D eigenvalue weighted by atomic mass is 10.0. The first-order chi connectivity index (χ1) is 14.6. The van der Waals surface area contributed by atoms with Crippen molar-refractivity contribution < 1.29 is 19.1 Å². The Bertz CT molecular complexity index is 1090. The van der Waals surface area contributed by atoms with Gasteiger partial charge in [0, 0.05) is 5.56 Å². The van der Waals surface area contributed by atoms with Crippen molar-refractivity contribution in [1.82, 2.24) is 0 Å². The Morgan fingerprint density at radius 2 is 1.57 bits per heavy atom. The molecule has 0 fully saturated rings. The van der Waals surface area contributed by atoms with Crippen molar-refractivity contribution in [3.63, 3.8) is 0 Å². The molecule has 0 saturated carbocycles. The van der Waals surface area contributed by atoms with Crippen LogP contribution in [-0.4, -0.2) is 18.9 Å². The molecular weight excluding hydrogens is 378 g/mol. The molecule has 0 N–H and O–H groups in total. The van der Waals surface area contributed by atoms with Crippen molar-refractivity contribution in [1.29, 1.82) is 5.26 Å². The van der Waals surface area contributed by atoms with E-state index in [2.05, 4.69) is 4.74 Å². The normalized spacial score (nSPS) is 10.7. The number of Topliss-reactive ketones (excluding diaryl/α,β-unsaturated/α-hetero) is 1. The molecule has 30 heavy (non-hydrogen) atoms. The van der Waals surface area contributed by atoms with Crippen LogP contribution in [0.2, 0.25) is 0 Å². The molecule has 0 amide bonds. The predicted octanol–water partition coefficient (Wildman–Crippen LogP) is 4.84. The minimum absolute atomic E-state index is 0.0700. The highest BCUT2D eigenvalue weighted by Crippen LogP contribution is 2.18. The van der Waals surface area contributed by atoms with Crippen LogP contribution >= 0.6 is 0 Å². The van der Waals surface area contributed by atoms with Gasteiger partial charge in [0.15, 0.2) is 0 Å². The molecule has 0 aliphatic carbocycles. The molecule has 3 aromatic carbocycles. The summed E-state index contributed by atoms with van der Waals surface area (Å²) in [5.41, 5.74) is 2.66. The molecular formula is C25H19NO4. The van der Waals surface area contributed by atoms with Crippen molar-refractivity contribution in [2.45, 2.75) is 6.61 Å². The zero-order valence-corrected chi connectivity index (χ0v) is 16.4. The molecule has 0 atom stereocenters. The van der Waals surface area contributed by atoms with Crippen molar-refractivity contribution in [3.8, 4) is 11.8 Å². The van der Waals surface area contributed by atoms with Crippen molar-refractivity contribution in [2.24, 2.45) is 0 Å². The lowest BCUT2D eigenvalue weighted by molar-refractivity contribution is 0.0600. The summed E-state index contributed by atoms with van der Waals surface area (Å²) in [5.74, 6) is -0.0421. The van der Waals surface area contributed by atoms with Gasteiger partial charge in [-0.3, -0.25) is 4.79 Å². The fourth-order valence-electron chi connectivity index (χ4n) is 2.74. The highest BCUT2D eigenvalue weighted by Gasteiger charge is 2.11. The van der Waals surface area contributed by atoms with Crippen LogP contribution in [0.5, 0.6) is 5.75 Å². The molecule has 5 nitrogen and oxygen atoms in total. The summed E-state index contributed by atoms with van der Waals surface area (Å²) >= 11 is 0. The molecule has 0 heterocycles. The first-order valence-corrected chi connectivity index (χ1v) is 9.22. The lowest BCUT2D eigenvalue weighted by Gasteiger charge is -2.07. The Balaban J connectivity index is 1.64. The minimum Gasteiger partial charge on any atom is -0.489 e. The standard InChI is InChI=1S/C25H19NO4/c1-29-25(28)21-11-7-19(8-12-21)17-30-23-13-9-18(10-14-23)15-22(16-26)24(27)20-5-3-2-4-6-20/h2-15H,17H2,1H3/b22-15+. The van der Waals surface area contributed by atoms with Crippen LogP contribution < -0.4 is 4.74 Å². The molecule has 148 valence electrons. The zero-order chi connectivity index (χ0) is 21.3. The molecule has 0 saturated heterocycles. The summed E-state index contributed by atoms with van der Waals surface area (Å²) in [7, 11) is 1.34. The number of hydrogen-bond donors (Lipinski definition) is 0. The fourth-order valence-corrected chi connectivity index (χ4v) is 2.74. The second-order valence-electron chi connectivity index (χ2n) is 6.41. The van der Waals surface area contributed by atoms with Crippen LogP contribution in [0.1, 0.15) is 31.8 Å². The van der Waals surface area contributed by atoms with Crippen LogP contribution in [0.3, 0.4) is 0 Å². The average molecular weight is 397 g/mol. The molecule has 0 aromatic heterocycles. The molecule has 5 heteroatoms. The fraction of sp³-hybridized carbons (Fsp3) is 0.0800. The monoisotopic (exact) mass is 397 g/mol. The van der Waals surface area contributed by atoms with E-state index in [1.807, 2.05) is 12.1 Å². The Labute approximate surface area is 174 Å². The van der Waals surface area contributed by atoms with Gasteiger partial charge >= 0.3 is 5.97 Å². The first-order valence-electron chi connectivity index (χ1n) is 9.22.